The van der Waals surface area contributed by atoms with Gasteiger partial charge in [-0.15, -0.1) is 0 Å². The summed E-state index contributed by atoms with van der Waals surface area (Å²) in [7, 11) is 0. The van der Waals surface area contributed by atoms with Gasteiger partial charge in [-0.25, -0.2) is 0 Å². The van der Waals surface area contributed by atoms with E-state index in [1.807, 2.05) is 4.90 Å². The first-order valence-electron chi connectivity index (χ1n) is 6.16. The Morgan fingerprint density at radius 2 is 1.82 bits per heavy atom. The fourth-order valence-electron chi connectivity index (χ4n) is 2.59. The quantitative estimate of drug-likeness (QED) is 0.474. The first kappa shape index (κ1) is 13.2. The van der Waals surface area contributed by atoms with Crippen LogP contribution in [0.1, 0.15) is 19.3 Å². The zero-order valence-corrected chi connectivity index (χ0v) is 9.83. The molecule has 2 rings (SSSR count). The van der Waals surface area contributed by atoms with Gasteiger partial charge in [0.2, 0.25) is 5.79 Å². The van der Waals surface area contributed by atoms with Crippen molar-refractivity contribution in [1.82, 2.24) is 4.90 Å². The molecule has 2 aliphatic heterocycles. The number of aliphatic hydroxyl groups excluding tert-OH is 3. The Morgan fingerprint density at radius 3 is 2.35 bits per heavy atom. The van der Waals surface area contributed by atoms with E-state index in [9.17, 15) is 15.3 Å². The molecule has 0 aromatic carbocycles. The minimum atomic E-state index is -1.77. The van der Waals surface area contributed by atoms with E-state index in [1.165, 1.54) is 6.42 Å². The number of aliphatic hydroxyl groups is 4. The Morgan fingerprint density at radius 1 is 1.18 bits per heavy atom. The lowest BCUT2D eigenvalue weighted by Gasteiger charge is -2.34. The van der Waals surface area contributed by atoms with Gasteiger partial charge in [0.25, 0.3) is 0 Å². The topological polar surface area (TPSA) is 93.4 Å². The van der Waals surface area contributed by atoms with Crippen molar-refractivity contribution < 1.29 is 25.2 Å². The molecule has 0 aliphatic carbocycles. The minimum absolute atomic E-state index is 0.168. The molecular formula is C11H21NO5. The second kappa shape index (κ2) is 5.17. The number of likely N-dealkylation sites (tertiary alicyclic amines) is 1. The molecule has 0 aromatic rings. The molecule has 0 saturated carbocycles. The largest absolute Gasteiger partial charge is 0.394 e. The van der Waals surface area contributed by atoms with Crippen LogP contribution in [0.5, 0.6) is 0 Å². The average Bonchev–Trinajstić information content (AvgIpc) is 2.55. The maximum Gasteiger partial charge on any atom is 0.208 e. The molecule has 2 aliphatic rings. The Kier molecular flexibility index (Phi) is 4.02. The second-order valence-corrected chi connectivity index (χ2v) is 4.96. The van der Waals surface area contributed by atoms with Gasteiger partial charge in [0.1, 0.15) is 18.3 Å². The van der Waals surface area contributed by atoms with Gasteiger partial charge in [-0.3, -0.25) is 4.90 Å². The Hall–Kier alpha value is -0.240. The predicted octanol–water partition coefficient (Wildman–Crippen LogP) is -1.73. The van der Waals surface area contributed by atoms with Crippen molar-refractivity contribution in [3.63, 3.8) is 0 Å². The first-order chi connectivity index (χ1) is 8.07. The summed E-state index contributed by atoms with van der Waals surface area (Å²) in [5.74, 6) is -1.77. The number of β-amino-alcohol motifs (C(OH)–C–C–N with tert-alkyl or cyclic N) is 1. The highest BCUT2D eigenvalue weighted by Gasteiger charge is 2.53. The molecule has 6 nitrogen and oxygen atoms in total. The van der Waals surface area contributed by atoms with Crippen LogP contribution in [0.3, 0.4) is 0 Å². The van der Waals surface area contributed by atoms with Crippen LogP contribution in [0, 0.1) is 0 Å². The van der Waals surface area contributed by atoms with Crippen molar-refractivity contribution in [1.29, 1.82) is 0 Å². The second-order valence-electron chi connectivity index (χ2n) is 4.96. The van der Waals surface area contributed by atoms with Gasteiger partial charge >= 0.3 is 0 Å². The van der Waals surface area contributed by atoms with Crippen LogP contribution in [0.15, 0.2) is 0 Å². The summed E-state index contributed by atoms with van der Waals surface area (Å²) in [5, 5.41) is 38.6. The van der Waals surface area contributed by atoms with Gasteiger partial charge in [0.05, 0.1) is 13.2 Å². The summed E-state index contributed by atoms with van der Waals surface area (Å²) in [6, 6.07) is 0. The number of piperidine rings is 1. The molecule has 100 valence electrons. The van der Waals surface area contributed by atoms with Crippen molar-refractivity contribution in [3.8, 4) is 0 Å². The summed E-state index contributed by atoms with van der Waals surface area (Å²) in [5.41, 5.74) is 0. The molecule has 2 heterocycles. The molecule has 17 heavy (non-hydrogen) atoms. The van der Waals surface area contributed by atoms with E-state index in [2.05, 4.69) is 0 Å². The third kappa shape index (κ3) is 2.62. The van der Waals surface area contributed by atoms with Crippen LogP contribution in [0.4, 0.5) is 0 Å². The SMILES string of the molecule is OC[C@@H]1O[C@](O)(CN2CCCCC2)[C@H](O)[C@@H]1O. The fourth-order valence-corrected chi connectivity index (χ4v) is 2.59. The highest BCUT2D eigenvalue weighted by atomic mass is 16.7. The molecule has 4 N–H and O–H groups in total. The van der Waals surface area contributed by atoms with Crippen molar-refractivity contribution in [2.45, 2.75) is 43.4 Å². The highest BCUT2D eigenvalue weighted by molar-refractivity contribution is 4.97. The van der Waals surface area contributed by atoms with E-state index in [0.29, 0.717) is 0 Å². The van der Waals surface area contributed by atoms with Gasteiger partial charge in [0.15, 0.2) is 0 Å². The Labute approximate surface area is 100 Å². The lowest BCUT2D eigenvalue weighted by Crippen LogP contribution is -2.52. The minimum Gasteiger partial charge on any atom is -0.394 e. The lowest BCUT2D eigenvalue weighted by atomic mass is 10.0. The molecule has 0 amide bonds. The molecule has 6 heteroatoms. The van der Waals surface area contributed by atoms with Crippen LogP contribution in [0.25, 0.3) is 0 Å². The van der Waals surface area contributed by atoms with Gasteiger partial charge in [-0.05, 0) is 25.9 Å². The number of rotatable bonds is 3. The van der Waals surface area contributed by atoms with Crippen LogP contribution < -0.4 is 0 Å². The maximum absolute atomic E-state index is 10.2. The predicted molar refractivity (Wildman–Crippen MR) is 59.2 cm³/mol. The normalized spacial score (nSPS) is 44.1. The molecule has 0 spiro atoms. The maximum atomic E-state index is 10.2. The number of ether oxygens (including phenoxy) is 1. The van der Waals surface area contributed by atoms with E-state index in [0.717, 1.165) is 25.9 Å². The van der Waals surface area contributed by atoms with E-state index >= 15 is 0 Å². The third-order valence-corrected chi connectivity index (χ3v) is 3.60. The summed E-state index contributed by atoms with van der Waals surface area (Å²) >= 11 is 0. The van der Waals surface area contributed by atoms with Gasteiger partial charge in [-0.2, -0.15) is 0 Å². The van der Waals surface area contributed by atoms with Gasteiger partial charge in [0, 0.05) is 0 Å². The molecule has 0 bridgehead atoms. The smallest absolute Gasteiger partial charge is 0.208 e. The van der Waals surface area contributed by atoms with E-state index in [4.69, 9.17) is 9.84 Å². The van der Waals surface area contributed by atoms with E-state index in [1.54, 1.807) is 0 Å². The highest BCUT2D eigenvalue weighted by Crippen LogP contribution is 2.30. The molecule has 2 fully saturated rings. The molecule has 0 radical (unpaired) electrons. The zero-order valence-electron chi connectivity index (χ0n) is 9.83. The van der Waals surface area contributed by atoms with Crippen molar-refractivity contribution >= 4 is 0 Å². The Balaban J connectivity index is 1.98. The van der Waals surface area contributed by atoms with Crippen molar-refractivity contribution in [2.75, 3.05) is 26.2 Å². The number of hydrogen-bond donors (Lipinski definition) is 4. The van der Waals surface area contributed by atoms with E-state index in [-0.39, 0.29) is 6.54 Å². The monoisotopic (exact) mass is 247 g/mol. The van der Waals surface area contributed by atoms with E-state index < -0.39 is 30.7 Å². The number of hydrogen-bond acceptors (Lipinski definition) is 6. The van der Waals surface area contributed by atoms with Gasteiger partial charge < -0.3 is 25.2 Å². The molecule has 2 saturated heterocycles. The zero-order chi connectivity index (χ0) is 12.5. The summed E-state index contributed by atoms with van der Waals surface area (Å²) in [6.07, 6.45) is -0.215. The summed E-state index contributed by atoms with van der Waals surface area (Å²) in [6.45, 7) is 1.47. The van der Waals surface area contributed by atoms with Crippen LogP contribution in [-0.4, -0.2) is 75.7 Å². The lowest BCUT2D eigenvalue weighted by molar-refractivity contribution is -0.239. The van der Waals surface area contributed by atoms with Gasteiger partial charge in [-0.1, -0.05) is 6.42 Å². The molecular weight excluding hydrogens is 226 g/mol. The Bertz CT molecular complexity index is 258. The summed E-state index contributed by atoms with van der Waals surface area (Å²) < 4.78 is 5.19. The molecule has 4 atom stereocenters. The molecule has 0 aromatic heterocycles. The fraction of sp³-hybridized carbons (Fsp3) is 1.00. The van der Waals surface area contributed by atoms with Crippen molar-refractivity contribution in [2.24, 2.45) is 0 Å². The van der Waals surface area contributed by atoms with Crippen molar-refractivity contribution in [3.05, 3.63) is 0 Å². The standard InChI is InChI=1S/C11H21NO5/c13-6-8-9(14)10(15)11(16,17-8)7-12-4-2-1-3-5-12/h8-10,13-16H,1-7H2/t8-,9+,10+,11+/m0/s1. The molecule has 0 unspecified atom stereocenters. The number of nitrogens with zero attached hydrogens (tertiary/aromatic N) is 1. The third-order valence-electron chi connectivity index (χ3n) is 3.60. The first-order valence-corrected chi connectivity index (χ1v) is 6.16. The summed E-state index contributed by atoms with van der Waals surface area (Å²) in [4.78, 5) is 2.01. The van der Waals surface area contributed by atoms with Crippen LogP contribution in [0.2, 0.25) is 0 Å². The average molecular weight is 247 g/mol. The van der Waals surface area contributed by atoms with Crippen LogP contribution >= 0.6 is 0 Å². The van der Waals surface area contributed by atoms with Crippen LogP contribution in [-0.2, 0) is 4.74 Å².